The van der Waals surface area contributed by atoms with Gasteiger partial charge in [0.25, 0.3) is 5.91 Å². The molecule has 1 amide bonds. The van der Waals surface area contributed by atoms with E-state index in [1.165, 1.54) is 11.3 Å². The lowest BCUT2D eigenvalue weighted by atomic mass is 10.1. The number of hydrogen-bond donors (Lipinski definition) is 1. The van der Waals surface area contributed by atoms with E-state index in [4.69, 9.17) is 11.6 Å². The number of aromatic nitrogens is 2. The highest BCUT2D eigenvalue weighted by Crippen LogP contribution is 2.27. The van der Waals surface area contributed by atoms with E-state index < -0.39 is 0 Å². The number of nitrogens with zero attached hydrogens (tertiary/aromatic N) is 2. The van der Waals surface area contributed by atoms with Crippen LogP contribution in [-0.2, 0) is 6.54 Å². The number of benzene rings is 2. The van der Waals surface area contributed by atoms with Crippen LogP contribution in [0.25, 0.3) is 16.2 Å². The van der Waals surface area contributed by atoms with Gasteiger partial charge in [-0.15, -0.1) is 11.3 Å². The fourth-order valence-corrected chi connectivity index (χ4v) is 3.52. The summed E-state index contributed by atoms with van der Waals surface area (Å²) in [5.41, 5.74) is 3.20. The number of halogens is 1. The standard InChI is InChI=1S/C19H14ClN3OS/c20-15-8-6-13(7-9-15)12-21-18(24)16-17(14-4-2-1-3-5-14)23-10-11-25-19(23)22-16/h1-11H,12H2,(H,21,24). The van der Waals surface area contributed by atoms with Crippen LogP contribution in [0.3, 0.4) is 0 Å². The zero-order valence-electron chi connectivity index (χ0n) is 13.1. The molecule has 1 N–H and O–H groups in total. The number of nitrogens with one attached hydrogen (secondary N) is 1. The Morgan fingerprint density at radius 3 is 2.64 bits per heavy atom. The summed E-state index contributed by atoms with van der Waals surface area (Å²) in [5.74, 6) is -0.190. The van der Waals surface area contributed by atoms with Crippen molar-refractivity contribution in [2.45, 2.75) is 6.54 Å². The molecule has 0 saturated heterocycles. The topological polar surface area (TPSA) is 46.4 Å². The summed E-state index contributed by atoms with van der Waals surface area (Å²) in [4.78, 5) is 18.1. The van der Waals surface area contributed by atoms with Crippen molar-refractivity contribution < 1.29 is 4.79 Å². The Morgan fingerprint density at radius 2 is 1.88 bits per heavy atom. The number of carbonyl (C=O) groups is 1. The van der Waals surface area contributed by atoms with Crippen molar-refractivity contribution in [1.82, 2.24) is 14.7 Å². The van der Waals surface area contributed by atoms with Crippen LogP contribution in [-0.4, -0.2) is 15.3 Å². The molecule has 0 bridgehead atoms. The van der Waals surface area contributed by atoms with Gasteiger partial charge in [-0.25, -0.2) is 4.98 Å². The van der Waals surface area contributed by atoms with E-state index in [1.807, 2.05) is 70.6 Å². The number of hydrogen-bond acceptors (Lipinski definition) is 3. The number of fused-ring (bicyclic) bond motifs is 1. The Balaban J connectivity index is 1.65. The number of thiazole rings is 1. The second-order valence-corrected chi connectivity index (χ2v) is 6.85. The van der Waals surface area contributed by atoms with Gasteiger partial charge in [-0.2, -0.15) is 0 Å². The van der Waals surface area contributed by atoms with Crippen LogP contribution in [0.1, 0.15) is 16.1 Å². The van der Waals surface area contributed by atoms with Crippen LogP contribution in [0.2, 0.25) is 5.02 Å². The SMILES string of the molecule is O=C(NCc1ccc(Cl)cc1)c1nc2sccn2c1-c1ccccc1. The average Bonchev–Trinajstić information content (AvgIpc) is 3.22. The van der Waals surface area contributed by atoms with Gasteiger partial charge in [0, 0.05) is 28.7 Å². The first kappa shape index (κ1) is 15.9. The molecule has 25 heavy (non-hydrogen) atoms. The van der Waals surface area contributed by atoms with Gasteiger partial charge in [0.2, 0.25) is 0 Å². The molecule has 6 heteroatoms. The van der Waals surface area contributed by atoms with Crippen LogP contribution in [0.5, 0.6) is 0 Å². The Hall–Kier alpha value is -2.63. The Kier molecular flexibility index (Phi) is 4.26. The van der Waals surface area contributed by atoms with E-state index in [9.17, 15) is 4.79 Å². The van der Waals surface area contributed by atoms with Gasteiger partial charge in [0.05, 0.1) is 5.69 Å². The van der Waals surface area contributed by atoms with Gasteiger partial charge in [-0.1, -0.05) is 54.1 Å². The van der Waals surface area contributed by atoms with Gasteiger partial charge < -0.3 is 5.32 Å². The van der Waals surface area contributed by atoms with E-state index in [0.717, 1.165) is 21.8 Å². The van der Waals surface area contributed by atoms with Crippen LogP contribution >= 0.6 is 22.9 Å². The monoisotopic (exact) mass is 367 g/mol. The average molecular weight is 368 g/mol. The number of imidazole rings is 1. The zero-order chi connectivity index (χ0) is 17.2. The number of rotatable bonds is 4. The van der Waals surface area contributed by atoms with Crippen LogP contribution in [0.15, 0.2) is 66.2 Å². The van der Waals surface area contributed by atoms with Gasteiger partial charge in [0.15, 0.2) is 10.7 Å². The van der Waals surface area contributed by atoms with Crippen LogP contribution in [0.4, 0.5) is 0 Å². The molecule has 124 valence electrons. The minimum atomic E-state index is -0.190. The van der Waals surface area contributed by atoms with Gasteiger partial charge in [-0.3, -0.25) is 9.20 Å². The summed E-state index contributed by atoms with van der Waals surface area (Å²) in [6.45, 7) is 0.426. The molecule has 2 aromatic carbocycles. The first-order valence-corrected chi connectivity index (χ1v) is 9.02. The molecule has 0 aliphatic heterocycles. The molecule has 0 fully saturated rings. The van der Waals surface area contributed by atoms with E-state index in [-0.39, 0.29) is 5.91 Å². The first-order chi connectivity index (χ1) is 12.2. The van der Waals surface area contributed by atoms with E-state index >= 15 is 0 Å². The van der Waals surface area contributed by atoms with Crippen LogP contribution < -0.4 is 5.32 Å². The van der Waals surface area contributed by atoms with Crippen molar-refractivity contribution in [3.8, 4) is 11.3 Å². The fourth-order valence-electron chi connectivity index (χ4n) is 2.68. The molecular weight excluding hydrogens is 354 g/mol. The molecule has 0 unspecified atom stereocenters. The summed E-state index contributed by atoms with van der Waals surface area (Å²) in [6.07, 6.45) is 1.94. The minimum Gasteiger partial charge on any atom is -0.347 e. The van der Waals surface area contributed by atoms with Crippen molar-refractivity contribution in [2.75, 3.05) is 0 Å². The predicted octanol–water partition coefficient (Wildman–Crippen LogP) is 4.65. The number of amides is 1. The van der Waals surface area contributed by atoms with Crippen molar-refractivity contribution >= 4 is 33.8 Å². The summed E-state index contributed by atoms with van der Waals surface area (Å²) >= 11 is 7.40. The number of carbonyl (C=O) groups excluding carboxylic acids is 1. The van der Waals surface area contributed by atoms with E-state index in [0.29, 0.717) is 17.3 Å². The highest BCUT2D eigenvalue weighted by Gasteiger charge is 2.20. The lowest BCUT2D eigenvalue weighted by Crippen LogP contribution is -2.23. The van der Waals surface area contributed by atoms with Gasteiger partial charge in [-0.05, 0) is 17.7 Å². The highest BCUT2D eigenvalue weighted by molar-refractivity contribution is 7.15. The smallest absolute Gasteiger partial charge is 0.272 e. The van der Waals surface area contributed by atoms with E-state index in [1.54, 1.807) is 0 Å². The molecular formula is C19H14ClN3OS. The van der Waals surface area contributed by atoms with Crippen molar-refractivity contribution in [2.24, 2.45) is 0 Å². The maximum atomic E-state index is 12.7. The molecule has 0 atom stereocenters. The molecule has 4 nitrogen and oxygen atoms in total. The Bertz CT molecular complexity index is 1020. The summed E-state index contributed by atoms with van der Waals surface area (Å²) < 4.78 is 1.96. The van der Waals surface area contributed by atoms with Crippen molar-refractivity contribution in [3.63, 3.8) is 0 Å². The maximum absolute atomic E-state index is 12.7. The second-order valence-electron chi connectivity index (χ2n) is 5.54. The second kappa shape index (κ2) is 6.70. The Morgan fingerprint density at radius 1 is 1.12 bits per heavy atom. The molecule has 0 aliphatic carbocycles. The fraction of sp³-hybridized carbons (Fsp3) is 0.0526. The van der Waals surface area contributed by atoms with Gasteiger partial charge >= 0.3 is 0 Å². The summed E-state index contributed by atoms with van der Waals surface area (Å²) in [6, 6.07) is 17.2. The molecule has 4 aromatic rings. The zero-order valence-corrected chi connectivity index (χ0v) is 14.7. The van der Waals surface area contributed by atoms with Crippen LogP contribution in [0, 0.1) is 0 Å². The van der Waals surface area contributed by atoms with Crippen molar-refractivity contribution in [1.29, 1.82) is 0 Å². The third-order valence-corrected chi connectivity index (χ3v) is 4.90. The third-order valence-electron chi connectivity index (χ3n) is 3.89. The maximum Gasteiger partial charge on any atom is 0.272 e. The Labute approximate surface area is 153 Å². The third kappa shape index (κ3) is 3.16. The molecule has 2 heterocycles. The normalized spacial score (nSPS) is 10.9. The lowest BCUT2D eigenvalue weighted by Gasteiger charge is -2.07. The molecule has 0 saturated carbocycles. The largest absolute Gasteiger partial charge is 0.347 e. The summed E-state index contributed by atoms with van der Waals surface area (Å²) in [5, 5.41) is 5.58. The van der Waals surface area contributed by atoms with Gasteiger partial charge in [0.1, 0.15) is 0 Å². The molecule has 2 aromatic heterocycles. The quantitative estimate of drug-likeness (QED) is 0.570. The van der Waals surface area contributed by atoms with Crippen molar-refractivity contribution in [3.05, 3.63) is 82.5 Å². The molecule has 0 spiro atoms. The van der Waals surface area contributed by atoms with E-state index in [2.05, 4.69) is 10.3 Å². The highest BCUT2D eigenvalue weighted by atomic mass is 35.5. The molecule has 0 aliphatic rings. The first-order valence-electron chi connectivity index (χ1n) is 7.76. The minimum absolute atomic E-state index is 0.190. The molecule has 0 radical (unpaired) electrons. The summed E-state index contributed by atoms with van der Waals surface area (Å²) in [7, 11) is 0. The predicted molar refractivity (Wildman–Crippen MR) is 101 cm³/mol. The lowest BCUT2D eigenvalue weighted by molar-refractivity contribution is 0.0947. The molecule has 4 rings (SSSR count).